The van der Waals surface area contributed by atoms with Crippen LogP contribution in [0.1, 0.15) is 5.82 Å². The second-order valence-electron chi connectivity index (χ2n) is 2.41. The van der Waals surface area contributed by atoms with E-state index in [0.29, 0.717) is 6.54 Å². The zero-order valence-corrected chi connectivity index (χ0v) is 7.80. The Morgan fingerprint density at radius 1 is 1.58 bits per heavy atom. The number of hydrogen-bond acceptors (Lipinski definition) is 3. The van der Waals surface area contributed by atoms with Gasteiger partial charge in [0.2, 0.25) is 0 Å². The standard InChI is InChI=1S/C7H7BrN4/c8-4-1-5-7(10-3-4)12-6(2-9)11-5/h1,3H,2,9H2,(H,10,11,12). The van der Waals surface area contributed by atoms with Crippen LogP contribution < -0.4 is 5.73 Å². The molecule has 0 unspecified atom stereocenters. The van der Waals surface area contributed by atoms with Gasteiger partial charge in [0.15, 0.2) is 5.65 Å². The summed E-state index contributed by atoms with van der Waals surface area (Å²) in [4.78, 5) is 11.4. The van der Waals surface area contributed by atoms with Crippen molar-refractivity contribution in [2.75, 3.05) is 0 Å². The summed E-state index contributed by atoms with van der Waals surface area (Å²) in [7, 11) is 0. The summed E-state index contributed by atoms with van der Waals surface area (Å²) in [6.45, 7) is 0.411. The van der Waals surface area contributed by atoms with Gasteiger partial charge in [0.1, 0.15) is 11.3 Å². The predicted octanol–water partition coefficient (Wildman–Crippen LogP) is 1.18. The number of halogens is 1. The van der Waals surface area contributed by atoms with Gasteiger partial charge in [-0.2, -0.15) is 0 Å². The van der Waals surface area contributed by atoms with Gasteiger partial charge >= 0.3 is 0 Å². The lowest BCUT2D eigenvalue weighted by molar-refractivity contribution is 0.956. The molecule has 0 radical (unpaired) electrons. The molecule has 12 heavy (non-hydrogen) atoms. The van der Waals surface area contributed by atoms with E-state index in [1.54, 1.807) is 6.20 Å². The largest absolute Gasteiger partial charge is 0.326 e. The molecule has 5 heteroatoms. The number of fused-ring (bicyclic) bond motifs is 1. The predicted molar refractivity (Wildman–Crippen MR) is 49.5 cm³/mol. The third-order valence-corrected chi connectivity index (χ3v) is 1.98. The van der Waals surface area contributed by atoms with E-state index in [4.69, 9.17) is 5.73 Å². The second-order valence-corrected chi connectivity index (χ2v) is 3.32. The minimum atomic E-state index is 0.411. The van der Waals surface area contributed by atoms with E-state index >= 15 is 0 Å². The molecule has 0 saturated heterocycles. The van der Waals surface area contributed by atoms with Gasteiger partial charge in [-0.05, 0) is 22.0 Å². The Morgan fingerprint density at radius 2 is 2.42 bits per heavy atom. The van der Waals surface area contributed by atoms with E-state index in [0.717, 1.165) is 21.5 Å². The van der Waals surface area contributed by atoms with Gasteiger partial charge in [-0.25, -0.2) is 9.97 Å². The Balaban J connectivity index is 2.67. The fraction of sp³-hybridized carbons (Fsp3) is 0.143. The number of aromatic amines is 1. The molecule has 2 heterocycles. The molecule has 2 aromatic rings. The lowest BCUT2D eigenvalue weighted by Gasteiger charge is -1.86. The molecule has 62 valence electrons. The first-order valence-electron chi connectivity index (χ1n) is 3.50. The molecule has 0 aliphatic rings. The van der Waals surface area contributed by atoms with Crippen molar-refractivity contribution in [3.8, 4) is 0 Å². The molecule has 0 spiro atoms. The third-order valence-electron chi connectivity index (χ3n) is 1.55. The number of nitrogens with zero attached hydrogens (tertiary/aromatic N) is 2. The van der Waals surface area contributed by atoms with Gasteiger partial charge in [0.05, 0.1) is 6.54 Å². The highest BCUT2D eigenvalue weighted by molar-refractivity contribution is 9.10. The van der Waals surface area contributed by atoms with Crippen molar-refractivity contribution in [1.29, 1.82) is 0 Å². The normalized spacial score (nSPS) is 10.8. The van der Waals surface area contributed by atoms with E-state index in [1.807, 2.05) is 6.07 Å². The van der Waals surface area contributed by atoms with Crippen molar-refractivity contribution in [3.63, 3.8) is 0 Å². The Morgan fingerprint density at radius 3 is 3.17 bits per heavy atom. The number of nitrogens with two attached hydrogens (primary N) is 1. The summed E-state index contributed by atoms with van der Waals surface area (Å²) in [5.74, 6) is 0.760. The number of imidazole rings is 1. The third kappa shape index (κ3) is 1.21. The first kappa shape index (κ1) is 7.70. The Hall–Kier alpha value is -0.940. The first-order valence-corrected chi connectivity index (χ1v) is 4.29. The first-order chi connectivity index (χ1) is 5.79. The number of H-pyrrole nitrogens is 1. The van der Waals surface area contributed by atoms with Crippen LogP contribution in [0.5, 0.6) is 0 Å². The zero-order chi connectivity index (χ0) is 8.55. The fourth-order valence-corrected chi connectivity index (χ4v) is 1.34. The number of aromatic nitrogens is 3. The van der Waals surface area contributed by atoms with Gasteiger partial charge in [0.25, 0.3) is 0 Å². The molecule has 0 aliphatic carbocycles. The minimum absolute atomic E-state index is 0.411. The van der Waals surface area contributed by atoms with Gasteiger partial charge in [-0.15, -0.1) is 0 Å². The highest BCUT2D eigenvalue weighted by atomic mass is 79.9. The van der Waals surface area contributed by atoms with Crippen LogP contribution >= 0.6 is 15.9 Å². The lowest BCUT2D eigenvalue weighted by Crippen LogP contribution is -1.97. The lowest BCUT2D eigenvalue weighted by atomic mass is 10.4. The number of rotatable bonds is 1. The molecule has 2 aromatic heterocycles. The molecule has 0 atom stereocenters. The van der Waals surface area contributed by atoms with Crippen molar-refractivity contribution in [2.24, 2.45) is 5.73 Å². The quantitative estimate of drug-likeness (QED) is 0.768. The summed E-state index contributed by atoms with van der Waals surface area (Å²) in [5, 5.41) is 0. The average molecular weight is 227 g/mol. The maximum Gasteiger partial charge on any atom is 0.157 e. The summed E-state index contributed by atoms with van der Waals surface area (Å²) in [6, 6.07) is 1.90. The Kier molecular flexibility index (Phi) is 1.82. The SMILES string of the molecule is NCc1nc2cc(Br)cnc2[nH]1. The second kappa shape index (κ2) is 2.84. The Labute approximate surface area is 77.3 Å². The minimum Gasteiger partial charge on any atom is -0.326 e. The van der Waals surface area contributed by atoms with E-state index < -0.39 is 0 Å². The monoisotopic (exact) mass is 226 g/mol. The van der Waals surface area contributed by atoms with Crippen LogP contribution in [0.4, 0.5) is 0 Å². The smallest absolute Gasteiger partial charge is 0.157 e. The highest BCUT2D eigenvalue weighted by Gasteiger charge is 2.01. The van der Waals surface area contributed by atoms with E-state index in [-0.39, 0.29) is 0 Å². The molecular weight excluding hydrogens is 220 g/mol. The summed E-state index contributed by atoms with van der Waals surface area (Å²) >= 11 is 3.32. The summed E-state index contributed by atoms with van der Waals surface area (Å²) < 4.78 is 0.921. The molecule has 3 N–H and O–H groups in total. The molecular formula is C7H7BrN4. The van der Waals surface area contributed by atoms with Crippen molar-refractivity contribution in [3.05, 3.63) is 22.6 Å². The van der Waals surface area contributed by atoms with Crippen LogP contribution in [-0.4, -0.2) is 15.0 Å². The van der Waals surface area contributed by atoms with E-state index in [1.165, 1.54) is 0 Å². The van der Waals surface area contributed by atoms with Gasteiger partial charge in [-0.1, -0.05) is 0 Å². The molecule has 0 aliphatic heterocycles. The van der Waals surface area contributed by atoms with Crippen molar-refractivity contribution in [1.82, 2.24) is 15.0 Å². The summed E-state index contributed by atoms with van der Waals surface area (Å²) in [6.07, 6.45) is 1.72. The van der Waals surface area contributed by atoms with Crippen molar-refractivity contribution < 1.29 is 0 Å². The fourth-order valence-electron chi connectivity index (χ4n) is 1.02. The molecule has 0 saturated carbocycles. The zero-order valence-electron chi connectivity index (χ0n) is 6.21. The van der Waals surface area contributed by atoms with Gasteiger partial charge in [0, 0.05) is 10.7 Å². The maximum atomic E-state index is 5.42. The van der Waals surface area contributed by atoms with E-state index in [2.05, 4.69) is 30.9 Å². The highest BCUT2D eigenvalue weighted by Crippen LogP contribution is 2.14. The molecule has 0 fully saturated rings. The maximum absolute atomic E-state index is 5.42. The average Bonchev–Trinajstić information content (AvgIpc) is 2.46. The van der Waals surface area contributed by atoms with Gasteiger partial charge < -0.3 is 10.7 Å². The van der Waals surface area contributed by atoms with E-state index in [9.17, 15) is 0 Å². The molecule has 2 rings (SSSR count). The molecule has 0 amide bonds. The number of hydrogen-bond donors (Lipinski definition) is 2. The van der Waals surface area contributed by atoms with Crippen LogP contribution in [0.15, 0.2) is 16.7 Å². The van der Waals surface area contributed by atoms with Crippen LogP contribution in [0.25, 0.3) is 11.2 Å². The molecule has 0 aromatic carbocycles. The molecule has 4 nitrogen and oxygen atoms in total. The molecule has 0 bridgehead atoms. The Bertz CT molecular complexity index is 409. The van der Waals surface area contributed by atoms with Crippen LogP contribution in [0, 0.1) is 0 Å². The number of nitrogens with one attached hydrogen (secondary N) is 1. The van der Waals surface area contributed by atoms with Crippen molar-refractivity contribution in [2.45, 2.75) is 6.54 Å². The number of pyridine rings is 1. The van der Waals surface area contributed by atoms with Crippen LogP contribution in [-0.2, 0) is 6.54 Å². The topological polar surface area (TPSA) is 67.6 Å². The van der Waals surface area contributed by atoms with Gasteiger partial charge in [-0.3, -0.25) is 0 Å². The van der Waals surface area contributed by atoms with Crippen LogP contribution in [0.3, 0.4) is 0 Å². The van der Waals surface area contributed by atoms with Crippen LogP contribution in [0.2, 0.25) is 0 Å². The van der Waals surface area contributed by atoms with Crippen molar-refractivity contribution >= 4 is 27.1 Å². The summed E-state index contributed by atoms with van der Waals surface area (Å²) in [5.41, 5.74) is 7.03.